The monoisotopic (exact) mass is 389 g/mol. The molecular weight excluding hydrogens is 366 g/mol. The Morgan fingerprint density at radius 3 is 2.76 bits per heavy atom. The van der Waals surface area contributed by atoms with E-state index >= 15 is 0 Å². The summed E-state index contributed by atoms with van der Waals surface area (Å²) < 4.78 is 6.19. The number of ether oxygens (including phenoxy) is 1. The zero-order valence-electron chi connectivity index (χ0n) is 16.5. The third-order valence-corrected chi connectivity index (χ3v) is 5.39. The number of aromatic amines is 1. The molecule has 0 unspecified atom stereocenters. The number of carbonyl (C=O) groups is 1. The second-order valence-corrected chi connectivity index (χ2v) is 7.90. The molecule has 3 aromatic rings. The number of nitrogens with one attached hydrogen (secondary N) is 2. The number of H-pyrrole nitrogens is 1. The molecule has 3 heterocycles. The maximum atomic E-state index is 12.4. The van der Waals surface area contributed by atoms with Crippen LogP contribution in [0.4, 0.5) is 0 Å². The zero-order valence-corrected chi connectivity index (χ0v) is 16.5. The Hall–Kier alpha value is -3.22. The average molecular weight is 389 g/mol. The van der Waals surface area contributed by atoms with Crippen LogP contribution < -0.4 is 10.1 Å². The van der Waals surface area contributed by atoms with E-state index in [1.54, 1.807) is 0 Å². The van der Waals surface area contributed by atoms with Gasteiger partial charge in [0.15, 0.2) is 5.82 Å². The fourth-order valence-electron chi connectivity index (χ4n) is 3.83. The van der Waals surface area contributed by atoms with Gasteiger partial charge in [0, 0.05) is 29.4 Å². The van der Waals surface area contributed by atoms with Gasteiger partial charge in [0.2, 0.25) is 0 Å². The van der Waals surface area contributed by atoms with Gasteiger partial charge in [-0.25, -0.2) is 9.97 Å². The highest BCUT2D eigenvalue weighted by Crippen LogP contribution is 2.39. The molecule has 0 saturated heterocycles. The Labute approximate surface area is 168 Å². The van der Waals surface area contributed by atoms with Gasteiger partial charge < -0.3 is 10.1 Å². The summed E-state index contributed by atoms with van der Waals surface area (Å²) in [6, 6.07) is 9.85. The predicted octanol–water partition coefficient (Wildman–Crippen LogP) is 3.09. The smallest absolute Gasteiger partial charge is 0.271 e. The summed E-state index contributed by atoms with van der Waals surface area (Å²) in [5.74, 6) is 1.86. The minimum atomic E-state index is -0.175. The molecule has 1 aliphatic heterocycles. The molecule has 1 amide bonds. The van der Waals surface area contributed by atoms with Gasteiger partial charge in [-0.3, -0.25) is 9.89 Å². The highest BCUT2D eigenvalue weighted by atomic mass is 16.5. The Balaban J connectivity index is 1.28. The first-order chi connectivity index (χ1) is 14.1. The van der Waals surface area contributed by atoms with Crippen LogP contribution in [0.1, 0.15) is 51.9 Å². The van der Waals surface area contributed by atoms with Crippen LogP contribution in [-0.2, 0) is 6.42 Å². The number of aromatic nitrogens is 4. The molecule has 2 aromatic heterocycles. The van der Waals surface area contributed by atoms with Crippen molar-refractivity contribution in [1.29, 1.82) is 0 Å². The summed E-state index contributed by atoms with van der Waals surface area (Å²) >= 11 is 0. The molecule has 1 aliphatic carbocycles. The van der Waals surface area contributed by atoms with Crippen molar-refractivity contribution in [2.75, 3.05) is 6.54 Å². The Morgan fingerprint density at radius 1 is 1.21 bits per heavy atom. The lowest BCUT2D eigenvalue weighted by Gasteiger charge is -2.13. The Morgan fingerprint density at radius 2 is 2.00 bits per heavy atom. The standard InChI is InChI=1S/C22H23N5O2/c1-12-8-13(2)25-21(24-12)17-5-3-4-15-9-16(29-20(15)17)11-23-22(28)19-10-18(26-27-19)14-6-7-14/h3-5,8,10,14,16H,6-7,9,11H2,1-2H3,(H,23,28)(H,26,27)/t16-/m1/s1. The third kappa shape index (κ3) is 3.60. The molecule has 7 nitrogen and oxygen atoms in total. The summed E-state index contributed by atoms with van der Waals surface area (Å²) in [6.45, 7) is 4.35. The van der Waals surface area contributed by atoms with Crippen molar-refractivity contribution in [2.24, 2.45) is 0 Å². The number of benzene rings is 1. The van der Waals surface area contributed by atoms with Gasteiger partial charge in [0.05, 0.1) is 12.1 Å². The van der Waals surface area contributed by atoms with Crippen LogP contribution in [0.3, 0.4) is 0 Å². The van der Waals surface area contributed by atoms with Crippen molar-refractivity contribution >= 4 is 5.91 Å². The quantitative estimate of drug-likeness (QED) is 0.699. The van der Waals surface area contributed by atoms with E-state index in [4.69, 9.17) is 4.74 Å². The van der Waals surface area contributed by atoms with Crippen molar-refractivity contribution in [3.8, 4) is 17.1 Å². The minimum absolute atomic E-state index is 0.122. The first-order valence-corrected chi connectivity index (χ1v) is 10.0. The number of carbonyl (C=O) groups excluding carboxylic acids is 1. The topological polar surface area (TPSA) is 92.8 Å². The number of para-hydroxylation sites is 1. The van der Waals surface area contributed by atoms with Crippen LogP contribution >= 0.6 is 0 Å². The third-order valence-electron chi connectivity index (χ3n) is 5.39. The van der Waals surface area contributed by atoms with Gasteiger partial charge in [-0.15, -0.1) is 0 Å². The van der Waals surface area contributed by atoms with Crippen LogP contribution in [0.15, 0.2) is 30.3 Å². The van der Waals surface area contributed by atoms with E-state index < -0.39 is 0 Å². The van der Waals surface area contributed by atoms with Gasteiger partial charge >= 0.3 is 0 Å². The van der Waals surface area contributed by atoms with E-state index in [0.29, 0.717) is 24.0 Å². The lowest BCUT2D eigenvalue weighted by Crippen LogP contribution is -2.34. The maximum absolute atomic E-state index is 12.4. The highest BCUT2D eigenvalue weighted by Gasteiger charge is 2.29. The van der Waals surface area contributed by atoms with Crippen molar-refractivity contribution in [3.63, 3.8) is 0 Å². The van der Waals surface area contributed by atoms with E-state index in [-0.39, 0.29) is 12.0 Å². The molecule has 5 rings (SSSR count). The SMILES string of the molecule is Cc1cc(C)nc(-c2cccc3c2O[C@@H](CNC(=O)c2cc(C4CC4)[nH]n2)C3)n1. The number of hydrogen-bond donors (Lipinski definition) is 2. The lowest BCUT2D eigenvalue weighted by atomic mass is 10.1. The molecule has 0 radical (unpaired) electrons. The number of rotatable bonds is 5. The van der Waals surface area contributed by atoms with Gasteiger partial charge in [0.1, 0.15) is 17.5 Å². The first-order valence-electron chi connectivity index (χ1n) is 10.0. The molecular formula is C22H23N5O2. The number of amides is 1. The van der Waals surface area contributed by atoms with E-state index in [1.807, 2.05) is 38.1 Å². The number of nitrogens with zero attached hydrogens (tertiary/aromatic N) is 3. The number of hydrogen-bond acceptors (Lipinski definition) is 5. The number of fused-ring (bicyclic) bond motifs is 1. The van der Waals surface area contributed by atoms with Crippen LogP contribution in [0.25, 0.3) is 11.4 Å². The Kier molecular flexibility index (Phi) is 4.30. The fraction of sp³-hybridized carbons (Fsp3) is 0.364. The molecule has 1 aromatic carbocycles. The molecule has 1 fully saturated rings. The van der Waals surface area contributed by atoms with Crippen LogP contribution in [0, 0.1) is 13.8 Å². The lowest BCUT2D eigenvalue weighted by molar-refractivity contribution is 0.0928. The van der Waals surface area contributed by atoms with Gasteiger partial charge in [-0.1, -0.05) is 12.1 Å². The van der Waals surface area contributed by atoms with Gasteiger partial charge in [-0.05, 0) is 50.5 Å². The highest BCUT2D eigenvalue weighted by molar-refractivity contribution is 5.92. The van der Waals surface area contributed by atoms with E-state index in [2.05, 4.69) is 31.5 Å². The summed E-state index contributed by atoms with van der Waals surface area (Å²) in [5.41, 5.74) is 5.35. The second-order valence-electron chi connectivity index (χ2n) is 7.90. The van der Waals surface area contributed by atoms with Crippen molar-refractivity contribution in [1.82, 2.24) is 25.5 Å². The normalized spacial score (nSPS) is 17.7. The largest absolute Gasteiger partial charge is 0.487 e. The van der Waals surface area contributed by atoms with E-state index in [9.17, 15) is 4.79 Å². The molecule has 2 N–H and O–H groups in total. The fourth-order valence-corrected chi connectivity index (χ4v) is 3.83. The summed E-state index contributed by atoms with van der Waals surface area (Å²) in [7, 11) is 0. The van der Waals surface area contributed by atoms with Crippen LogP contribution in [0.5, 0.6) is 5.75 Å². The zero-order chi connectivity index (χ0) is 20.0. The molecule has 0 bridgehead atoms. The molecule has 148 valence electrons. The van der Waals surface area contributed by atoms with Crippen molar-refractivity contribution in [2.45, 2.75) is 45.1 Å². The summed E-state index contributed by atoms with van der Waals surface area (Å²) in [4.78, 5) is 21.6. The maximum Gasteiger partial charge on any atom is 0.271 e. The van der Waals surface area contributed by atoms with Crippen LogP contribution in [0.2, 0.25) is 0 Å². The van der Waals surface area contributed by atoms with Gasteiger partial charge in [0.25, 0.3) is 5.91 Å². The van der Waals surface area contributed by atoms with Crippen molar-refractivity contribution < 1.29 is 9.53 Å². The predicted molar refractivity (Wildman–Crippen MR) is 108 cm³/mol. The second kappa shape index (κ2) is 6.99. The first kappa shape index (κ1) is 17.8. The molecule has 1 atom stereocenters. The summed E-state index contributed by atoms with van der Waals surface area (Å²) in [5, 5.41) is 10.1. The molecule has 0 spiro atoms. The van der Waals surface area contributed by atoms with E-state index in [0.717, 1.165) is 40.4 Å². The van der Waals surface area contributed by atoms with Crippen LogP contribution in [-0.4, -0.2) is 38.7 Å². The minimum Gasteiger partial charge on any atom is -0.487 e. The number of aryl methyl sites for hydroxylation is 2. The Bertz CT molecular complexity index is 1070. The molecule has 2 aliphatic rings. The average Bonchev–Trinajstić information content (AvgIpc) is 3.26. The molecule has 7 heteroatoms. The van der Waals surface area contributed by atoms with Gasteiger partial charge in [-0.2, -0.15) is 5.10 Å². The molecule has 29 heavy (non-hydrogen) atoms. The van der Waals surface area contributed by atoms with E-state index in [1.165, 1.54) is 12.8 Å². The summed E-state index contributed by atoms with van der Waals surface area (Å²) in [6.07, 6.45) is 2.96. The van der Waals surface area contributed by atoms with Crippen molar-refractivity contribution in [3.05, 3.63) is 58.7 Å². The molecule has 1 saturated carbocycles.